The van der Waals surface area contributed by atoms with Gasteiger partial charge in [-0.2, -0.15) is 0 Å². The van der Waals surface area contributed by atoms with E-state index in [4.69, 9.17) is 9.05 Å². The summed E-state index contributed by atoms with van der Waals surface area (Å²) in [6, 6.07) is -0.902. The molecule has 0 aliphatic rings. The fourth-order valence-corrected chi connectivity index (χ4v) is 6.61. The normalized spacial score (nSPS) is 14.8. The molecule has 0 spiro atoms. The van der Waals surface area contributed by atoms with Gasteiger partial charge in [0.1, 0.15) is 13.2 Å². The molecule has 3 atom stereocenters. The van der Waals surface area contributed by atoms with Crippen LogP contribution in [0.2, 0.25) is 0 Å². The summed E-state index contributed by atoms with van der Waals surface area (Å²) in [5, 5.41) is 13.6. The Labute approximate surface area is 321 Å². The number of likely N-dealkylation sites (N-methyl/N-ethyl adjacent to an activating group) is 1. The third-order valence-electron chi connectivity index (χ3n) is 9.33. The van der Waals surface area contributed by atoms with Gasteiger partial charge in [-0.25, -0.2) is 0 Å². The molecule has 0 aromatic carbocycles. The second-order valence-electron chi connectivity index (χ2n) is 15.7. The number of carbonyl (C=O) groups is 1. The van der Waals surface area contributed by atoms with E-state index in [0.717, 1.165) is 51.4 Å². The zero-order valence-electron chi connectivity index (χ0n) is 34.5. The third-order valence-corrected chi connectivity index (χ3v) is 10.3. The molecular formula is C43H83N2O6P. The van der Waals surface area contributed by atoms with Crippen LogP contribution in [0.5, 0.6) is 0 Å². The van der Waals surface area contributed by atoms with Crippen molar-refractivity contribution in [3.05, 3.63) is 36.5 Å². The summed E-state index contributed by atoms with van der Waals surface area (Å²) in [7, 11) is 1.23. The summed E-state index contributed by atoms with van der Waals surface area (Å²) in [6.07, 6.45) is 42.8. The second-order valence-corrected chi connectivity index (χ2v) is 17.1. The summed E-state index contributed by atoms with van der Waals surface area (Å²) in [5.74, 6) is -0.231. The Morgan fingerprint density at radius 2 is 1.08 bits per heavy atom. The van der Waals surface area contributed by atoms with Crippen molar-refractivity contribution in [2.24, 2.45) is 0 Å². The number of carbonyl (C=O) groups excluding carboxylic acids is 1. The summed E-state index contributed by atoms with van der Waals surface area (Å²) in [5.41, 5.74) is 0. The van der Waals surface area contributed by atoms with Gasteiger partial charge in [-0.3, -0.25) is 9.36 Å². The predicted octanol–water partition coefficient (Wildman–Crippen LogP) is 10.9. The highest BCUT2D eigenvalue weighted by atomic mass is 31.2. The van der Waals surface area contributed by atoms with Crippen molar-refractivity contribution in [3.8, 4) is 0 Å². The molecule has 9 heteroatoms. The van der Waals surface area contributed by atoms with Gasteiger partial charge in [0, 0.05) is 6.42 Å². The molecule has 52 heavy (non-hydrogen) atoms. The molecule has 0 fully saturated rings. The minimum Gasteiger partial charge on any atom is -0.756 e. The van der Waals surface area contributed by atoms with Crippen molar-refractivity contribution in [2.75, 3.05) is 40.9 Å². The van der Waals surface area contributed by atoms with Crippen molar-refractivity contribution in [1.82, 2.24) is 5.32 Å². The fraction of sp³-hybridized carbons (Fsp3) is 0.837. The number of phosphoric acid groups is 1. The number of nitrogens with zero attached hydrogens (tertiary/aromatic N) is 1. The molecule has 0 radical (unpaired) electrons. The first-order chi connectivity index (χ1) is 25.0. The van der Waals surface area contributed by atoms with Gasteiger partial charge < -0.3 is 28.8 Å². The van der Waals surface area contributed by atoms with Crippen LogP contribution < -0.4 is 10.2 Å². The number of quaternary nitrogens is 1. The summed E-state index contributed by atoms with van der Waals surface area (Å²) < 4.78 is 22.9. The van der Waals surface area contributed by atoms with Crippen LogP contribution in [0.4, 0.5) is 0 Å². The molecule has 8 nitrogen and oxygen atoms in total. The first-order valence-electron chi connectivity index (χ1n) is 21.4. The van der Waals surface area contributed by atoms with Crippen LogP contribution in [0.3, 0.4) is 0 Å². The number of nitrogens with one attached hydrogen (secondary N) is 1. The average Bonchev–Trinajstić information content (AvgIpc) is 3.09. The van der Waals surface area contributed by atoms with E-state index in [1.807, 2.05) is 27.2 Å². The lowest BCUT2D eigenvalue weighted by molar-refractivity contribution is -0.870. The SMILES string of the molecule is CCCCCCCCCCCCCCCCCC/C=C/CC/C=C/CC/C=C/C(O)C(COP(=O)([O-])OCC[N+](C)(C)C)NC(=O)CCCCCC. The van der Waals surface area contributed by atoms with Gasteiger partial charge in [-0.15, -0.1) is 0 Å². The maximum absolute atomic E-state index is 12.5. The monoisotopic (exact) mass is 755 g/mol. The highest BCUT2D eigenvalue weighted by Gasteiger charge is 2.23. The number of allylic oxidation sites excluding steroid dienone is 5. The number of hydrogen-bond donors (Lipinski definition) is 2. The Bertz CT molecular complexity index is 948. The molecule has 0 aliphatic carbocycles. The van der Waals surface area contributed by atoms with Gasteiger partial charge in [0.15, 0.2) is 0 Å². The average molecular weight is 755 g/mol. The lowest BCUT2D eigenvalue weighted by atomic mass is 10.0. The molecule has 0 rings (SSSR count). The zero-order chi connectivity index (χ0) is 38.6. The highest BCUT2D eigenvalue weighted by molar-refractivity contribution is 7.45. The van der Waals surface area contributed by atoms with Crippen molar-refractivity contribution in [2.45, 2.75) is 193 Å². The maximum atomic E-state index is 12.5. The smallest absolute Gasteiger partial charge is 0.268 e. The van der Waals surface area contributed by atoms with E-state index >= 15 is 0 Å². The molecule has 0 heterocycles. The van der Waals surface area contributed by atoms with Crippen LogP contribution in [-0.2, 0) is 18.4 Å². The molecule has 0 aliphatic heterocycles. The Balaban J connectivity index is 4.14. The minimum absolute atomic E-state index is 0.00934. The Morgan fingerprint density at radius 1 is 0.654 bits per heavy atom. The van der Waals surface area contributed by atoms with Crippen LogP contribution in [0, 0.1) is 0 Å². The van der Waals surface area contributed by atoms with Crippen LogP contribution >= 0.6 is 7.82 Å². The quantitative estimate of drug-likeness (QED) is 0.0281. The van der Waals surface area contributed by atoms with E-state index in [2.05, 4.69) is 43.5 Å². The first kappa shape index (κ1) is 50.7. The van der Waals surface area contributed by atoms with E-state index in [0.29, 0.717) is 17.4 Å². The molecule has 0 saturated heterocycles. The van der Waals surface area contributed by atoms with Crippen molar-refractivity contribution >= 4 is 13.7 Å². The van der Waals surface area contributed by atoms with Gasteiger partial charge in [0.05, 0.1) is 39.9 Å². The van der Waals surface area contributed by atoms with Crippen molar-refractivity contribution < 1.29 is 32.9 Å². The summed E-state index contributed by atoms with van der Waals surface area (Å²) >= 11 is 0. The van der Waals surface area contributed by atoms with Gasteiger partial charge in [-0.1, -0.05) is 166 Å². The minimum atomic E-state index is -4.58. The lowest BCUT2D eigenvalue weighted by Crippen LogP contribution is -2.45. The number of rotatable bonds is 38. The highest BCUT2D eigenvalue weighted by Crippen LogP contribution is 2.38. The zero-order valence-corrected chi connectivity index (χ0v) is 35.4. The van der Waals surface area contributed by atoms with Crippen LogP contribution in [-0.4, -0.2) is 68.5 Å². The van der Waals surface area contributed by atoms with E-state index in [9.17, 15) is 19.4 Å². The van der Waals surface area contributed by atoms with E-state index in [1.165, 1.54) is 109 Å². The molecule has 3 unspecified atom stereocenters. The van der Waals surface area contributed by atoms with Gasteiger partial charge >= 0.3 is 0 Å². The second kappa shape index (κ2) is 35.4. The van der Waals surface area contributed by atoms with Crippen molar-refractivity contribution in [1.29, 1.82) is 0 Å². The topological polar surface area (TPSA) is 108 Å². The number of unbranched alkanes of at least 4 members (excludes halogenated alkanes) is 21. The van der Waals surface area contributed by atoms with Crippen LogP contribution in [0.1, 0.15) is 181 Å². The van der Waals surface area contributed by atoms with Gasteiger partial charge in [-0.05, 0) is 44.9 Å². The van der Waals surface area contributed by atoms with Gasteiger partial charge in [0.25, 0.3) is 7.82 Å². The number of amides is 1. The molecule has 0 aromatic rings. The standard InChI is InChI=1S/C43H83N2O6P/c1-6-8-10-12-13-14-15-16-17-18-19-20-21-22-23-24-25-26-27-28-29-30-31-32-33-34-36-42(46)41(44-43(47)37-35-11-9-7-2)40-51-52(48,49)50-39-38-45(3,4)5/h26-27,30-31,34,36,41-42,46H,6-25,28-29,32-33,35,37-40H2,1-5H3,(H-,44,47,48,49)/b27-26+,31-30+,36-34+. The lowest BCUT2D eigenvalue weighted by Gasteiger charge is -2.29. The molecule has 0 saturated carbocycles. The Morgan fingerprint density at radius 3 is 1.56 bits per heavy atom. The predicted molar refractivity (Wildman–Crippen MR) is 219 cm³/mol. The molecule has 1 amide bonds. The fourth-order valence-electron chi connectivity index (χ4n) is 5.89. The Hall–Kier alpha value is -1.28. The third kappa shape index (κ3) is 37.1. The molecule has 2 N–H and O–H groups in total. The van der Waals surface area contributed by atoms with Crippen molar-refractivity contribution in [3.63, 3.8) is 0 Å². The van der Waals surface area contributed by atoms with E-state index in [1.54, 1.807) is 6.08 Å². The Kier molecular flexibility index (Phi) is 34.6. The summed E-state index contributed by atoms with van der Waals surface area (Å²) in [6.45, 7) is 4.47. The summed E-state index contributed by atoms with van der Waals surface area (Å²) in [4.78, 5) is 24.8. The largest absolute Gasteiger partial charge is 0.756 e. The van der Waals surface area contributed by atoms with Crippen LogP contribution in [0.25, 0.3) is 0 Å². The van der Waals surface area contributed by atoms with Crippen LogP contribution in [0.15, 0.2) is 36.5 Å². The van der Waals surface area contributed by atoms with Gasteiger partial charge in [0.2, 0.25) is 5.91 Å². The first-order valence-corrected chi connectivity index (χ1v) is 22.8. The maximum Gasteiger partial charge on any atom is 0.268 e. The number of hydrogen-bond acceptors (Lipinski definition) is 6. The number of phosphoric ester groups is 1. The molecule has 0 bridgehead atoms. The number of aliphatic hydroxyl groups is 1. The molecule has 0 aromatic heterocycles. The number of aliphatic hydroxyl groups excluding tert-OH is 1. The molecule has 306 valence electrons. The van der Waals surface area contributed by atoms with E-state index in [-0.39, 0.29) is 12.5 Å². The van der Waals surface area contributed by atoms with E-state index < -0.39 is 26.6 Å². The molecular weight excluding hydrogens is 671 g/mol.